The zero-order valence-electron chi connectivity index (χ0n) is 9.19. The largest absolute Gasteiger partial charge is 0.355 e. The van der Waals surface area contributed by atoms with E-state index in [2.05, 4.69) is 4.84 Å². The van der Waals surface area contributed by atoms with Crippen LogP contribution in [0.5, 0.6) is 0 Å². The Morgan fingerprint density at radius 2 is 2.00 bits per heavy atom. The first-order valence-corrected chi connectivity index (χ1v) is 4.80. The van der Waals surface area contributed by atoms with Crippen molar-refractivity contribution in [3.05, 3.63) is 41.5 Å². The molecule has 4 nitrogen and oxygen atoms in total. The Kier molecular flexibility index (Phi) is 4.27. The van der Waals surface area contributed by atoms with Gasteiger partial charge in [0.05, 0.1) is 0 Å². The molecule has 1 N–H and O–H groups in total. The van der Waals surface area contributed by atoms with Gasteiger partial charge in [0.2, 0.25) is 5.91 Å². The van der Waals surface area contributed by atoms with Gasteiger partial charge in [-0.05, 0) is 24.1 Å². The van der Waals surface area contributed by atoms with Crippen molar-refractivity contribution < 1.29 is 14.4 Å². The van der Waals surface area contributed by atoms with Crippen molar-refractivity contribution in [2.45, 2.75) is 13.8 Å². The van der Waals surface area contributed by atoms with Gasteiger partial charge in [0, 0.05) is 13.0 Å². The van der Waals surface area contributed by atoms with Crippen LogP contribution in [0, 0.1) is 6.92 Å². The molecule has 1 rings (SSSR count). The first kappa shape index (κ1) is 12.0. The van der Waals surface area contributed by atoms with Crippen molar-refractivity contribution in [2.24, 2.45) is 0 Å². The van der Waals surface area contributed by atoms with Crippen LogP contribution < -0.4 is 5.48 Å². The molecule has 0 aliphatic carbocycles. The lowest BCUT2D eigenvalue weighted by atomic mass is 10.1. The van der Waals surface area contributed by atoms with Gasteiger partial charge in [0.25, 0.3) is 0 Å². The minimum atomic E-state index is -0.613. The van der Waals surface area contributed by atoms with Gasteiger partial charge in [-0.25, -0.2) is 4.79 Å². The maximum absolute atomic E-state index is 11.1. The highest BCUT2D eigenvalue weighted by Crippen LogP contribution is 2.08. The first-order chi connectivity index (χ1) is 7.59. The molecule has 0 heterocycles. The Balaban J connectivity index is 2.57. The monoisotopic (exact) mass is 219 g/mol. The van der Waals surface area contributed by atoms with Crippen molar-refractivity contribution in [1.29, 1.82) is 0 Å². The van der Waals surface area contributed by atoms with Gasteiger partial charge in [-0.1, -0.05) is 24.3 Å². The van der Waals surface area contributed by atoms with Crippen LogP contribution in [0.15, 0.2) is 30.3 Å². The second-order valence-corrected chi connectivity index (χ2v) is 3.27. The van der Waals surface area contributed by atoms with E-state index in [0.717, 1.165) is 11.1 Å². The lowest BCUT2D eigenvalue weighted by molar-refractivity contribution is -0.152. The van der Waals surface area contributed by atoms with Crippen molar-refractivity contribution in [1.82, 2.24) is 5.48 Å². The Morgan fingerprint density at radius 1 is 1.31 bits per heavy atom. The standard InChI is InChI=1S/C12H13NO3/c1-9-5-3-4-6-11(9)7-8-12(15)16-13-10(2)14/h3-8H,1-2H3,(H,13,14)/b8-7-. The molecule has 0 atom stereocenters. The van der Waals surface area contributed by atoms with E-state index in [9.17, 15) is 9.59 Å². The van der Waals surface area contributed by atoms with E-state index in [1.165, 1.54) is 13.0 Å². The predicted octanol–water partition coefficient (Wildman–Crippen LogP) is 1.60. The van der Waals surface area contributed by atoms with Gasteiger partial charge in [-0.2, -0.15) is 5.48 Å². The minimum Gasteiger partial charge on any atom is -0.336 e. The van der Waals surface area contributed by atoms with Crippen molar-refractivity contribution in [2.75, 3.05) is 0 Å². The third-order valence-electron chi connectivity index (χ3n) is 1.88. The Labute approximate surface area is 93.9 Å². The molecular formula is C12H13NO3. The van der Waals surface area contributed by atoms with E-state index < -0.39 is 11.9 Å². The van der Waals surface area contributed by atoms with Crippen LogP contribution in [0.2, 0.25) is 0 Å². The molecule has 1 amide bonds. The predicted molar refractivity (Wildman–Crippen MR) is 60.1 cm³/mol. The third kappa shape index (κ3) is 3.96. The molecule has 0 radical (unpaired) electrons. The molecule has 0 unspecified atom stereocenters. The highest BCUT2D eigenvalue weighted by atomic mass is 16.7. The van der Waals surface area contributed by atoms with Gasteiger partial charge >= 0.3 is 5.97 Å². The highest BCUT2D eigenvalue weighted by molar-refractivity contribution is 5.88. The summed E-state index contributed by atoms with van der Waals surface area (Å²) in [5, 5.41) is 0. The SMILES string of the molecule is CC(=O)NOC(=O)/C=C\c1ccccc1C. The number of carbonyl (C=O) groups excluding carboxylic acids is 2. The quantitative estimate of drug-likeness (QED) is 0.607. The molecule has 0 aliphatic heterocycles. The normalized spacial score (nSPS) is 10.1. The molecule has 84 valence electrons. The molecule has 0 fully saturated rings. The zero-order chi connectivity index (χ0) is 12.0. The molecule has 1 aromatic carbocycles. The first-order valence-electron chi connectivity index (χ1n) is 4.80. The van der Waals surface area contributed by atoms with Crippen molar-refractivity contribution in [3.63, 3.8) is 0 Å². The van der Waals surface area contributed by atoms with Crippen LogP contribution >= 0.6 is 0 Å². The molecule has 0 saturated heterocycles. The summed E-state index contributed by atoms with van der Waals surface area (Å²) in [5.74, 6) is -1.03. The summed E-state index contributed by atoms with van der Waals surface area (Å²) in [4.78, 5) is 26.0. The lowest BCUT2D eigenvalue weighted by Gasteiger charge is -2.00. The molecule has 0 aliphatic rings. The van der Waals surface area contributed by atoms with E-state index in [1.807, 2.05) is 36.7 Å². The number of hydrogen-bond acceptors (Lipinski definition) is 3. The molecule has 1 aromatic rings. The number of aryl methyl sites for hydroxylation is 1. The van der Waals surface area contributed by atoms with E-state index in [0.29, 0.717) is 0 Å². The fraction of sp³-hybridized carbons (Fsp3) is 0.167. The third-order valence-corrected chi connectivity index (χ3v) is 1.88. The fourth-order valence-electron chi connectivity index (χ4n) is 1.09. The van der Waals surface area contributed by atoms with Gasteiger partial charge in [-0.15, -0.1) is 0 Å². The second-order valence-electron chi connectivity index (χ2n) is 3.27. The lowest BCUT2D eigenvalue weighted by Crippen LogP contribution is -2.23. The Morgan fingerprint density at radius 3 is 2.62 bits per heavy atom. The van der Waals surface area contributed by atoms with E-state index in [-0.39, 0.29) is 0 Å². The molecule has 16 heavy (non-hydrogen) atoms. The average Bonchev–Trinajstić information content (AvgIpc) is 2.25. The van der Waals surface area contributed by atoms with Crippen molar-refractivity contribution in [3.8, 4) is 0 Å². The number of amides is 1. The van der Waals surface area contributed by atoms with Gasteiger partial charge in [0.1, 0.15) is 0 Å². The van der Waals surface area contributed by atoms with E-state index in [4.69, 9.17) is 0 Å². The second kappa shape index (κ2) is 5.70. The van der Waals surface area contributed by atoms with Crippen molar-refractivity contribution >= 4 is 18.0 Å². The maximum atomic E-state index is 11.1. The maximum Gasteiger partial charge on any atom is 0.355 e. The van der Waals surface area contributed by atoms with Gasteiger partial charge in [0.15, 0.2) is 0 Å². The smallest absolute Gasteiger partial charge is 0.336 e. The number of carbonyl (C=O) groups is 2. The summed E-state index contributed by atoms with van der Waals surface area (Å²) in [6.07, 6.45) is 2.90. The van der Waals surface area contributed by atoms with E-state index >= 15 is 0 Å². The molecule has 0 aromatic heterocycles. The minimum absolute atomic E-state index is 0.419. The summed E-state index contributed by atoms with van der Waals surface area (Å²) in [7, 11) is 0. The summed E-state index contributed by atoms with van der Waals surface area (Å²) < 4.78 is 0. The van der Waals surface area contributed by atoms with Crippen LogP contribution in [0.4, 0.5) is 0 Å². The molecule has 4 heteroatoms. The van der Waals surface area contributed by atoms with Gasteiger partial charge in [-0.3, -0.25) is 4.79 Å². The van der Waals surface area contributed by atoms with Crippen LogP contribution in [0.25, 0.3) is 6.08 Å². The molecular weight excluding hydrogens is 206 g/mol. The molecule has 0 saturated carbocycles. The fourth-order valence-corrected chi connectivity index (χ4v) is 1.09. The van der Waals surface area contributed by atoms with Gasteiger partial charge < -0.3 is 4.84 Å². The Hall–Kier alpha value is -2.10. The summed E-state index contributed by atoms with van der Waals surface area (Å²) in [6, 6.07) is 7.63. The number of rotatable bonds is 2. The number of benzene rings is 1. The summed E-state index contributed by atoms with van der Waals surface area (Å²) >= 11 is 0. The Bertz CT molecular complexity index is 424. The molecule has 0 spiro atoms. The van der Waals surface area contributed by atoms with Crippen LogP contribution in [0.3, 0.4) is 0 Å². The number of hydrogen-bond donors (Lipinski definition) is 1. The van der Waals surface area contributed by atoms with Crippen LogP contribution in [-0.4, -0.2) is 11.9 Å². The van der Waals surface area contributed by atoms with E-state index in [1.54, 1.807) is 6.08 Å². The van der Waals surface area contributed by atoms with Crippen LogP contribution in [0.1, 0.15) is 18.1 Å². The number of hydroxylamine groups is 1. The average molecular weight is 219 g/mol. The number of nitrogens with one attached hydrogen (secondary N) is 1. The summed E-state index contributed by atoms with van der Waals surface area (Å²) in [6.45, 7) is 3.21. The molecule has 0 bridgehead atoms. The zero-order valence-corrected chi connectivity index (χ0v) is 9.19. The van der Waals surface area contributed by atoms with Crippen LogP contribution in [-0.2, 0) is 14.4 Å². The summed E-state index contributed by atoms with van der Waals surface area (Å²) in [5.41, 5.74) is 3.95. The topological polar surface area (TPSA) is 55.4 Å². The highest BCUT2D eigenvalue weighted by Gasteiger charge is 1.99.